The van der Waals surface area contributed by atoms with Crippen LogP contribution in [0.2, 0.25) is 5.02 Å². The first-order valence-corrected chi connectivity index (χ1v) is 11.4. The molecule has 7 heteroatoms. The molecule has 166 valence electrons. The van der Waals surface area contributed by atoms with E-state index >= 15 is 0 Å². The van der Waals surface area contributed by atoms with Crippen LogP contribution in [-0.2, 0) is 9.59 Å². The van der Waals surface area contributed by atoms with Gasteiger partial charge in [-0.1, -0.05) is 36.6 Å². The smallest absolute Gasteiger partial charge is 0.295 e. The molecule has 32 heavy (non-hydrogen) atoms. The summed E-state index contributed by atoms with van der Waals surface area (Å²) in [4.78, 5) is 30.1. The van der Waals surface area contributed by atoms with Gasteiger partial charge in [-0.3, -0.25) is 9.59 Å². The van der Waals surface area contributed by atoms with Gasteiger partial charge in [0.15, 0.2) is 0 Å². The number of likely N-dealkylation sites (tertiary alicyclic amines) is 1. The standard InChI is InChI=1S/C25H25ClN2O4/c1-27-12-13-32-20-11-8-16(14-19(20)27)23(29)21-22(15-6-9-17(26)10-7-15)28(25(31)24(21)30)18-4-2-3-5-18/h6-11,14,18,22,29H,2-5,12-13H2,1H3/b23-21-. The zero-order valence-electron chi connectivity index (χ0n) is 17.9. The third-order valence-corrected chi connectivity index (χ3v) is 6.96. The minimum atomic E-state index is -0.642. The molecule has 5 rings (SSSR count). The third-order valence-electron chi connectivity index (χ3n) is 6.71. The van der Waals surface area contributed by atoms with E-state index in [1.54, 1.807) is 29.2 Å². The van der Waals surface area contributed by atoms with Crippen LogP contribution in [-0.4, -0.2) is 47.9 Å². The summed E-state index contributed by atoms with van der Waals surface area (Å²) >= 11 is 6.09. The van der Waals surface area contributed by atoms with Gasteiger partial charge in [-0.2, -0.15) is 0 Å². The van der Waals surface area contributed by atoms with Gasteiger partial charge >= 0.3 is 0 Å². The summed E-state index contributed by atoms with van der Waals surface area (Å²) in [6.07, 6.45) is 3.77. The second-order valence-electron chi connectivity index (χ2n) is 8.65. The molecule has 2 aromatic carbocycles. The molecular formula is C25H25ClN2O4. The highest BCUT2D eigenvalue weighted by Crippen LogP contribution is 2.44. The normalized spacial score (nSPS) is 22.9. The summed E-state index contributed by atoms with van der Waals surface area (Å²) < 4.78 is 5.70. The molecule has 1 saturated heterocycles. The molecule has 1 aliphatic carbocycles. The van der Waals surface area contributed by atoms with Gasteiger partial charge in [-0.25, -0.2) is 0 Å². The molecule has 3 aliphatic rings. The number of aliphatic hydroxyl groups excluding tert-OH is 1. The summed E-state index contributed by atoms with van der Waals surface area (Å²) in [5.74, 6) is -0.616. The van der Waals surface area contributed by atoms with Crippen LogP contribution in [0.15, 0.2) is 48.0 Å². The molecule has 0 radical (unpaired) electrons. The highest BCUT2D eigenvalue weighted by Gasteiger charge is 2.49. The minimum absolute atomic E-state index is 0.0134. The number of likely N-dealkylation sites (N-methyl/N-ethyl adjacent to an activating group) is 1. The lowest BCUT2D eigenvalue weighted by atomic mass is 9.94. The van der Waals surface area contributed by atoms with Crippen molar-refractivity contribution in [3.05, 3.63) is 64.2 Å². The van der Waals surface area contributed by atoms with Crippen molar-refractivity contribution in [1.82, 2.24) is 4.90 Å². The maximum absolute atomic E-state index is 13.2. The quantitative estimate of drug-likeness (QED) is 0.421. The molecule has 1 saturated carbocycles. The fraction of sp³-hybridized carbons (Fsp3) is 0.360. The Balaban J connectivity index is 1.65. The minimum Gasteiger partial charge on any atom is -0.507 e. The predicted molar refractivity (Wildman–Crippen MR) is 123 cm³/mol. The van der Waals surface area contributed by atoms with E-state index in [9.17, 15) is 14.7 Å². The van der Waals surface area contributed by atoms with Gasteiger partial charge in [0.05, 0.1) is 23.8 Å². The molecule has 0 aromatic heterocycles. The number of fused-ring (bicyclic) bond motifs is 1. The summed E-state index contributed by atoms with van der Waals surface area (Å²) in [6, 6.07) is 11.8. The van der Waals surface area contributed by atoms with Gasteiger partial charge in [0.25, 0.3) is 11.7 Å². The largest absolute Gasteiger partial charge is 0.507 e. The van der Waals surface area contributed by atoms with E-state index in [0.717, 1.165) is 49.2 Å². The molecular weight excluding hydrogens is 428 g/mol. The number of carbonyl (C=O) groups is 2. The molecule has 0 bridgehead atoms. The van der Waals surface area contributed by atoms with Crippen molar-refractivity contribution in [3.63, 3.8) is 0 Å². The van der Waals surface area contributed by atoms with Crippen LogP contribution in [0, 0.1) is 0 Å². The summed E-state index contributed by atoms with van der Waals surface area (Å²) in [5, 5.41) is 11.9. The van der Waals surface area contributed by atoms with E-state index in [4.69, 9.17) is 16.3 Å². The molecule has 2 fully saturated rings. The molecule has 0 spiro atoms. The number of anilines is 1. The van der Waals surface area contributed by atoms with E-state index in [1.165, 1.54) is 0 Å². The number of rotatable bonds is 3. The van der Waals surface area contributed by atoms with Crippen LogP contribution in [0.5, 0.6) is 5.75 Å². The van der Waals surface area contributed by atoms with Crippen molar-refractivity contribution in [2.45, 2.75) is 37.8 Å². The Bertz CT molecular complexity index is 1110. The first-order chi connectivity index (χ1) is 15.5. The number of carbonyl (C=O) groups excluding carboxylic acids is 2. The zero-order valence-corrected chi connectivity index (χ0v) is 18.6. The van der Waals surface area contributed by atoms with E-state index in [0.29, 0.717) is 17.2 Å². The van der Waals surface area contributed by atoms with Crippen molar-refractivity contribution in [1.29, 1.82) is 0 Å². The number of halogens is 1. The molecule has 1 unspecified atom stereocenters. The van der Waals surface area contributed by atoms with E-state index in [-0.39, 0.29) is 17.4 Å². The number of hydrogen-bond donors (Lipinski definition) is 1. The van der Waals surface area contributed by atoms with Gasteiger partial charge in [0.2, 0.25) is 0 Å². The number of ether oxygens (including phenoxy) is 1. The maximum atomic E-state index is 13.2. The third kappa shape index (κ3) is 3.43. The highest BCUT2D eigenvalue weighted by atomic mass is 35.5. The Morgan fingerprint density at radius 2 is 1.81 bits per heavy atom. The Kier molecular flexibility index (Phi) is 5.33. The van der Waals surface area contributed by atoms with Gasteiger partial charge in [0.1, 0.15) is 18.1 Å². The van der Waals surface area contributed by atoms with Crippen LogP contribution in [0.1, 0.15) is 42.9 Å². The van der Waals surface area contributed by atoms with E-state index in [1.807, 2.05) is 30.1 Å². The van der Waals surface area contributed by atoms with Crippen molar-refractivity contribution in [3.8, 4) is 5.75 Å². The number of amides is 1. The van der Waals surface area contributed by atoms with Gasteiger partial charge in [-0.05, 0) is 48.7 Å². The molecule has 6 nitrogen and oxygen atoms in total. The number of benzene rings is 2. The number of ketones is 1. The lowest BCUT2D eigenvalue weighted by Gasteiger charge is -2.31. The molecule has 1 N–H and O–H groups in total. The molecule has 1 amide bonds. The second kappa shape index (κ2) is 8.17. The second-order valence-corrected chi connectivity index (χ2v) is 9.09. The fourth-order valence-corrected chi connectivity index (χ4v) is 5.16. The van der Waals surface area contributed by atoms with Crippen LogP contribution in [0.25, 0.3) is 5.76 Å². The summed E-state index contributed by atoms with van der Waals surface area (Å²) in [6.45, 7) is 1.33. The molecule has 2 aromatic rings. The predicted octanol–water partition coefficient (Wildman–Crippen LogP) is 4.53. The molecule has 2 heterocycles. The molecule has 2 aliphatic heterocycles. The monoisotopic (exact) mass is 452 g/mol. The Hall–Kier alpha value is -2.99. The first kappa shape index (κ1) is 20.9. The lowest BCUT2D eigenvalue weighted by Crippen LogP contribution is -2.37. The van der Waals surface area contributed by atoms with Crippen molar-refractivity contribution in [2.24, 2.45) is 0 Å². The Morgan fingerprint density at radius 1 is 1.09 bits per heavy atom. The summed E-state index contributed by atoms with van der Waals surface area (Å²) in [7, 11) is 1.96. The van der Waals surface area contributed by atoms with Crippen molar-refractivity contribution >= 4 is 34.7 Å². The van der Waals surface area contributed by atoms with Crippen LogP contribution >= 0.6 is 11.6 Å². The zero-order chi connectivity index (χ0) is 22.4. The average Bonchev–Trinajstić information content (AvgIpc) is 3.41. The number of hydrogen-bond acceptors (Lipinski definition) is 5. The maximum Gasteiger partial charge on any atom is 0.295 e. The van der Waals surface area contributed by atoms with E-state index < -0.39 is 17.7 Å². The van der Waals surface area contributed by atoms with Crippen molar-refractivity contribution in [2.75, 3.05) is 25.1 Å². The van der Waals surface area contributed by atoms with Gasteiger partial charge in [0, 0.05) is 23.7 Å². The average molecular weight is 453 g/mol. The fourth-order valence-electron chi connectivity index (χ4n) is 5.03. The van der Waals surface area contributed by atoms with Crippen LogP contribution < -0.4 is 9.64 Å². The van der Waals surface area contributed by atoms with Crippen molar-refractivity contribution < 1.29 is 19.4 Å². The van der Waals surface area contributed by atoms with Gasteiger partial charge in [-0.15, -0.1) is 0 Å². The number of aliphatic hydroxyl groups is 1. The number of Topliss-reactive ketones (excluding diaryl/α,β-unsaturated/α-hetero) is 1. The van der Waals surface area contributed by atoms with Crippen LogP contribution in [0.3, 0.4) is 0 Å². The topological polar surface area (TPSA) is 70.1 Å². The Morgan fingerprint density at radius 3 is 2.53 bits per heavy atom. The SMILES string of the molecule is CN1CCOc2ccc(/C(O)=C3/C(=O)C(=O)N(C4CCCC4)C3c3ccc(Cl)cc3)cc21. The first-order valence-electron chi connectivity index (χ1n) is 11.0. The lowest BCUT2D eigenvalue weighted by molar-refractivity contribution is -0.141. The highest BCUT2D eigenvalue weighted by molar-refractivity contribution is 6.46. The molecule has 1 atom stereocenters. The van der Waals surface area contributed by atoms with Crippen LogP contribution in [0.4, 0.5) is 5.69 Å². The van der Waals surface area contributed by atoms with Gasteiger partial charge < -0.3 is 19.6 Å². The summed E-state index contributed by atoms with van der Waals surface area (Å²) in [5.41, 5.74) is 2.22. The Labute approximate surface area is 192 Å². The van der Waals surface area contributed by atoms with E-state index in [2.05, 4.69) is 0 Å². The number of nitrogens with zero attached hydrogens (tertiary/aromatic N) is 2.